The van der Waals surface area contributed by atoms with Gasteiger partial charge in [0, 0.05) is 17.4 Å². The van der Waals surface area contributed by atoms with Gasteiger partial charge < -0.3 is 4.74 Å². The number of carbonyl (C=O) groups excluding carboxylic acids is 1. The van der Waals surface area contributed by atoms with Crippen molar-refractivity contribution in [2.24, 2.45) is 5.92 Å². The molecule has 4 heteroatoms. The van der Waals surface area contributed by atoms with Gasteiger partial charge in [-0.2, -0.15) is 11.8 Å². The molecule has 1 unspecified atom stereocenters. The van der Waals surface area contributed by atoms with E-state index in [-0.39, 0.29) is 11.5 Å². The second-order valence-electron chi connectivity index (χ2n) is 5.90. The first-order valence-corrected chi connectivity index (χ1v) is 9.84. The van der Waals surface area contributed by atoms with Crippen molar-refractivity contribution in [3.8, 4) is 0 Å². The third-order valence-electron chi connectivity index (χ3n) is 4.48. The molecule has 2 heterocycles. The van der Waals surface area contributed by atoms with Crippen LogP contribution in [0.5, 0.6) is 0 Å². The summed E-state index contributed by atoms with van der Waals surface area (Å²) in [5.41, 5.74) is 0.0151. The Kier molecular flexibility index (Phi) is 5.30. The number of hydrogen-bond donors (Lipinski definition) is 0. The number of benzene rings is 1. The third kappa shape index (κ3) is 4.05. The lowest BCUT2D eigenvalue weighted by Gasteiger charge is -2.42. The Morgan fingerprint density at radius 1 is 1.29 bits per heavy atom. The van der Waals surface area contributed by atoms with E-state index in [1.807, 2.05) is 30.0 Å². The van der Waals surface area contributed by atoms with Crippen molar-refractivity contribution in [2.45, 2.75) is 36.2 Å². The van der Waals surface area contributed by atoms with Gasteiger partial charge >= 0.3 is 0 Å². The fourth-order valence-electron chi connectivity index (χ4n) is 3.18. The van der Waals surface area contributed by atoms with Gasteiger partial charge in [0.1, 0.15) is 5.78 Å². The van der Waals surface area contributed by atoms with Crippen LogP contribution in [0.3, 0.4) is 0 Å². The summed E-state index contributed by atoms with van der Waals surface area (Å²) in [6.45, 7) is 0.761. The molecule has 0 aromatic heterocycles. The van der Waals surface area contributed by atoms with Gasteiger partial charge in [-0.1, -0.05) is 18.2 Å². The lowest BCUT2D eigenvalue weighted by atomic mass is 9.80. The second kappa shape index (κ2) is 7.21. The number of Topliss-reactive ketones (excluding diaryl/α,β-unsaturated/α-hetero) is 1. The SMILES string of the molecule is O=C(CSc1ccccc1)C1CCOC2(CCSCC2)C1. The van der Waals surface area contributed by atoms with Gasteiger partial charge in [0.15, 0.2) is 0 Å². The Labute approximate surface area is 135 Å². The molecule has 2 aliphatic rings. The summed E-state index contributed by atoms with van der Waals surface area (Å²) in [6.07, 6.45) is 4.09. The number of ether oxygens (including phenoxy) is 1. The van der Waals surface area contributed by atoms with Crippen molar-refractivity contribution >= 4 is 29.3 Å². The van der Waals surface area contributed by atoms with E-state index in [2.05, 4.69) is 12.1 Å². The van der Waals surface area contributed by atoms with Gasteiger partial charge in [0.25, 0.3) is 0 Å². The molecule has 2 aliphatic heterocycles. The Bertz CT molecular complexity index is 463. The average Bonchev–Trinajstić information content (AvgIpc) is 2.54. The predicted octanol–water partition coefficient (Wildman–Crippen LogP) is 4.04. The van der Waals surface area contributed by atoms with Gasteiger partial charge in [0.05, 0.1) is 11.4 Å². The molecule has 0 amide bonds. The zero-order valence-corrected chi connectivity index (χ0v) is 13.9. The Morgan fingerprint density at radius 3 is 2.81 bits per heavy atom. The molecule has 0 radical (unpaired) electrons. The van der Waals surface area contributed by atoms with E-state index in [1.165, 1.54) is 16.4 Å². The largest absolute Gasteiger partial charge is 0.375 e. The topological polar surface area (TPSA) is 26.3 Å². The quantitative estimate of drug-likeness (QED) is 0.782. The smallest absolute Gasteiger partial charge is 0.146 e. The fraction of sp³-hybridized carbons (Fsp3) is 0.588. The molecule has 2 saturated heterocycles. The molecule has 1 aromatic carbocycles. The summed E-state index contributed by atoms with van der Waals surface area (Å²) >= 11 is 3.67. The molecule has 2 fully saturated rings. The van der Waals surface area contributed by atoms with Crippen LogP contribution in [0.2, 0.25) is 0 Å². The minimum atomic E-state index is 0.0151. The van der Waals surface area contributed by atoms with Crippen LogP contribution in [0.25, 0.3) is 0 Å². The highest BCUT2D eigenvalue weighted by Crippen LogP contribution is 2.40. The molecule has 0 saturated carbocycles. The first-order chi connectivity index (χ1) is 10.3. The first kappa shape index (κ1) is 15.4. The summed E-state index contributed by atoms with van der Waals surface area (Å²) in [5, 5.41) is 0. The number of ketones is 1. The highest BCUT2D eigenvalue weighted by Gasteiger charge is 2.40. The number of carbonyl (C=O) groups is 1. The third-order valence-corrected chi connectivity index (χ3v) is 6.50. The van der Waals surface area contributed by atoms with Crippen LogP contribution in [-0.2, 0) is 9.53 Å². The molecule has 1 atom stereocenters. The maximum Gasteiger partial charge on any atom is 0.146 e. The summed E-state index contributed by atoms with van der Waals surface area (Å²) in [7, 11) is 0. The van der Waals surface area contributed by atoms with Crippen LogP contribution in [0.15, 0.2) is 35.2 Å². The van der Waals surface area contributed by atoms with Crippen molar-refractivity contribution in [3.63, 3.8) is 0 Å². The second-order valence-corrected chi connectivity index (χ2v) is 8.18. The molecular formula is C17H22O2S2. The number of hydrogen-bond acceptors (Lipinski definition) is 4. The van der Waals surface area contributed by atoms with E-state index in [4.69, 9.17) is 4.74 Å². The highest BCUT2D eigenvalue weighted by atomic mass is 32.2. The molecule has 1 aromatic rings. The van der Waals surface area contributed by atoms with Crippen molar-refractivity contribution in [1.29, 1.82) is 0 Å². The summed E-state index contributed by atoms with van der Waals surface area (Å²) in [4.78, 5) is 13.7. The lowest BCUT2D eigenvalue weighted by Crippen LogP contribution is -2.44. The van der Waals surface area contributed by atoms with Gasteiger partial charge in [-0.3, -0.25) is 4.79 Å². The first-order valence-electron chi connectivity index (χ1n) is 7.70. The minimum absolute atomic E-state index is 0.0151. The van der Waals surface area contributed by atoms with E-state index >= 15 is 0 Å². The molecule has 21 heavy (non-hydrogen) atoms. The normalized spacial score (nSPS) is 24.9. The van der Waals surface area contributed by atoms with Crippen molar-refractivity contribution in [3.05, 3.63) is 30.3 Å². The van der Waals surface area contributed by atoms with Gasteiger partial charge in [-0.15, -0.1) is 11.8 Å². The van der Waals surface area contributed by atoms with E-state index in [0.717, 1.165) is 32.3 Å². The van der Waals surface area contributed by atoms with Gasteiger partial charge in [0.2, 0.25) is 0 Å². The van der Waals surface area contributed by atoms with E-state index in [0.29, 0.717) is 11.5 Å². The molecule has 2 nitrogen and oxygen atoms in total. The molecule has 1 spiro atoms. The monoisotopic (exact) mass is 322 g/mol. The number of rotatable bonds is 4. The van der Waals surface area contributed by atoms with Crippen LogP contribution in [-0.4, -0.2) is 35.2 Å². The van der Waals surface area contributed by atoms with Gasteiger partial charge in [-0.05, 0) is 49.3 Å². The Balaban J connectivity index is 1.54. The van der Waals surface area contributed by atoms with Crippen LogP contribution in [0, 0.1) is 5.92 Å². The molecular weight excluding hydrogens is 300 g/mol. The van der Waals surface area contributed by atoms with Crippen LogP contribution in [0.1, 0.15) is 25.7 Å². The van der Waals surface area contributed by atoms with Crippen molar-refractivity contribution < 1.29 is 9.53 Å². The van der Waals surface area contributed by atoms with Crippen LogP contribution < -0.4 is 0 Å². The zero-order valence-electron chi connectivity index (χ0n) is 12.3. The zero-order chi connectivity index (χ0) is 14.5. The summed E-state index contributed by atoms with van der Waals surface area (Å²) < 4.78 is 6.08. The molecule has 0 N–H and O–H groups in total. The Morgan fingerprint density at radius 2 is 2.05 bits per heavy atom. The van der Waals surface area contributed by atoms with Crippen molar-refractivity contribution in [2.75, 3.05) is 23.9 Å². The summed E-state index contributed by atoms with van der Waals surface area (Å²) in [5.74, 6) is 3.57. The predicted molar refractivity (Wildman–Crippen MR) is 90.1 cm³/mol. The summed E-state index contributed by atoms with van der Waals surface area (Å²) in [6, 6.07) is 10.2. The van der Waals surface area contributed by atoms with E-state index in [1.54, 1.807) is 11.8 Å². The minimum Gasteiger partial charge on any atom is -0.375 e. The molecule has 0 aliphatic carbocycles. The van der Waals surface area contributed by atoms with Crippen molar-refractivity contribution in [1.82, 2.24) is 0 Å². The maximum absolute atomic E-state index is 12.5. The number of thioether (sulfide) groups is 2. The highest BCUT2D eigenvalue weighted by molar-refractivity contribution is 8.00. The van der Waals surface area contributed by atoms with E-state index < -0.39 is 0 Å². The fourth-order valence-corrected chi connectivity index (χ4v) is 5.31. The maximum atomic E-state index is 12.5. The lowest BCUT2D eigenvalue weighted by molar-refractivity contribution is -0.136. The van der Waals surface area contributed by atoms with E-state index in [9.17, 15) is 4.79 Å². The standard InChI is InChI=1S/C17H22O2S2/c18-16(13-21-15-4-2-1-3-5-15)14-6-9-19-17(12-14)7-10-20-11-8-17/h1-5,14H,6-13H2. The average molecular weight is 322 g/mol. The van der Waals surface area contributed by atoms with Crippen LogP contribution >= 0.6 is 23.5 Å². The Hall–Kier alpha value is -0.450. The molecule has 114 valence electrons. The van der Waals surface area contributed by atoms with Crippen LogP contribution in [0.4, 0.5) is 0 Å². The van der Waals surface area contributed by atoms with Gasteiger partial charge in [-0.25, -0.2) is 0 Å². The molecule has 3 rings (SSSR count). The molecule has 0 bridgehead atoms.